The van der Waals surface area contributed by atoms with E-state index in [1.165, 1.54) is 12.8 Å². The zero-order valence-electron chi connectivity index (χ0n) is 10.6. The SMILES string of the molecule is CN(C)CCCNc1cc(N)nc(C2CC2)n1. The number of hydrogen-bond donors (Lipinski definition) is 2. The van der Waals surface area contributed by atoms with E-state index in [9.17, 15) is 0 Å². The third-order valence-corrected chi connectivity index (χ3v) is 2.79. The number of hydrogen-bond acceptors (Lipinski definition) is 5. The van der Waals surface area contributed by atoms with Gasteiger partial charge in [0, 0.05) is 18.5 Å². The van der Waals surface area contributed by atoms with E-state index < -0.39 is 0 Å². The number of nitrogens with two attached hydrogens (primary N) is 1. The van der Waals surface area contributed by atoms with Gasteiger partial charge in [-0.1, -0.05) is 0 Å². The van der Waals surface area contributed by atoms with E-state index in [2.05, 4.69) is 34.3 Å². The number of nitrogen functional groups attached to an aromatic ring is 1. The van der Waals surface area contributed by atoms with Crippen molar-refractivity contribution in [2.45, 2.75) is 25.2 Å². The summed E-state index contributed by atoms with van der Waals surface area (Å²) in [4.78, 5) is 10.9. The molecule has 5 heteroatoms. The van der Waals surface area contributed by atoms with E-state index in [-0.39, 0.29) is 0 Å². The molecule has 3 N–H and O–H groups in total. The smallest absolute Gasteiger partial charge is 0.136 e. The maximum atomic E-state index is 5.78. The highest BCUT2D eigenvalue weighted by atomic mass is 15.1. The molecule has 2 rings (SSSR count). The molecule has 1 aromatic rings. The average Bonchev–Trinajstić information content (AvgIpc) is 3.07. The first kappa shape index (κ1) is 12.1. The normalized spacial score (nSPS) is 15.2. The Morgan fingerprint density at radius 3 is 2.82 bits per heavy atom. The largest absolute Gasteiger partial charge is 0.384 e. The lowest BCUT2D eigenvalue weighted by Gasteiger charge is -2.11. The summed E-state index contributed by atoms with van der Waals surface area (Å²) in [5.74, 6) is 2.87. The van der Waals surface area contributed by atoms with Gasteiger partial charge in [-0.25, -0.2) is 9.97 Å². The van der Waals surface area contributed by atoms with Gasteiger partial charge >= 0.3 is 0 Å². The van der Waals surface area contributed by atoms with Crippen LogP contribution in [0.4, 0.5) is 11.6 Å². The van der Waals surface area contributed by atoms with E-state index in [0.29, 0.717) is 11.7 Å². The highest BCUT2D eigenvalue weighted by Crippen LogP contribution is 2.38. The first-order chi connectivity index (χ1) is 8.15. The monoisotopic (exact) mass is 235 g/mol. The van der Waals surface area contributed by atoms with Crippen LogP contribution in [0.2, 0.25) is 0 Å². The fourth-order valence-corrected chi connectivity index (χ4v) is 1.71. The minimum Gasteiger partial charge on any atom is -0.384 e. The molecule has 94 valence electrons. The molecule has 0 amide bonds. The van der Waals surface area contributed by atoms with Crippen LogP contribution in [0.25, 0.3) is 0 Å². The van der Waals surface area contributed by atoms with Crippen LogP contribution >= 0.6 is 0 Å². The number of nitrogens with zero attached hydrogens (tertiary/aromatic N) is 3. The van der Waals surface area contributed by atoms with Crippen molar-refractivity contribution in [3.05, 3.63) is 11.9 Å². The lowest BCUT2D eigenvalue weighted by atomic mass is 10.3. The Morgan fingerprint density at radius 1 is 1.41 bits per heavy atom. The lowest BCUT2D eigenvalue weighted by molar-refractivity contribution is 0.405. The van der Waals surface area contributed by atoms with Gasteiger partial charge in [-0.2, -0.15) is 0 Å². The summed E-state index contributed by atoms with van der Waals surface area (Å²) >= 11 is 0. The highest BCUT2D eigenvalue weighted by molar-refractivity contribution is 5.45. The predicted octanol–water partition coefficient (Wildman–Crippen LogP) is 1.30. The lowest BCUT2D eigenvalue weighted by Crippen LogP contribution is -2.17. The van der Waals surface area contributed by atoms with Crippen molar-refractivity contribution in [1.29, 1.82) is 0 Å². The van der Waals surface area contributed by atoms with Crippen LogP contribution in [0, 0.1) is 0 Å². The third kappa shape index (κ3) is 3.85. The van der Waals surface area contributed by atoms with Crippen molar-refractivity contribution in [3.63, 3.8) is 0 Å². The van der Waals surface area contributed by atoms with Gasteiger partial charge in [0.2, 0.25) is 0 Å². The predicted molar refractivity (Wildman–Crippen MR) is 70.1 cm³/mol. The van der Waals surface area contributed by atoms with E-state index >= 15 is 0 Å². The molecule has 1 heterocycles. The van der Waals surface area contributed by atoms with Gasteiger partial charge in [-0.15, -0.1) is 0 Å². The van der Waals surface area contributed by atoms with Gasteiger partial charge in [0.15, 0.2) is 0 Å². The van der Waals surface area contributed by atoms with Gasteiger partial charge in [0.25, 0.3) is 0 Å². The molecule has 0 saturated heterocycles. The average molecular weight is 235 g/mol. The molecule has 1 fully saturated rings. The molecule has 0 atom stereocenters. The van der Waals surface area contributed by atoms with Gasteiger partial charge in [-0.3, -0.25) is 0 Å². The Balaban J connectivity index is 1.87. The van der Waals surface area contributed by atoms with Gasteiger partial charge in [0.1, 0.15) is 17.5 Å². The third-order valence-electron chi connectivity index (χ3n) is 2.79. The molecule has 0 spiro atoms. The Hall–Kier alpha value is -1.36. The number of rotatable bonds is 6. The molecular weight excluding hydrogens is 214 g/mol. The van der Waals surface area contributed by atoms with Crippen LogP contribution < -0.4 is 11.1 Å². The highest BCUT2D eigenvalue weighted by Gasteiger charge is 2.27. The maximum absolute atomic E-state index is 5.78. The summed E-state index contributed by atoms with van der Waals surface area (Å²) in [5.41, 5.74) is 5.78. The maximum Gasteiger partial charge on any atom is 0.136 e. The topological polar surface area (TPSA) is 67.1 Å². The molecule has 0 bridgehead atoms. The van der Waals surface area contributed by atoms with Gasteiger partial charge in [-0.05, 0) is 39.9 Å². The fourth-order valence-electron chi connectivity index (χ4n) is 1.71. The van der Waals surface area contributed by atoms with Crippen molar-refractivity contribution < 1.29 is 0 Å². The molecular formula is C12H21N5. The summed E-state index contributed by atoms with van der Waals surface area (Å²) in [6, 6.07) is 1.81. The summed E-state index contributed by atoms with van der Waals surface area (Å²) in [5, 5.41) is 3.31. The molecule has 1 aromatic heterocycles. The first-order valence-corrected chi connectivity index (χ1v) is 6.18. The first-order valence-electron chi connectivity index (χ1n) is 6.18. The zero-order chi connectivity index (χ0) is 12.3. The molecule has 0 aliphatic heterocycles. The van der Waals surface area contributed by atoms with Crippen molar-refractivity contribution in [1.82, 2.24) is 14.9 Å². The molecule has 1 saturated carbocycles. The second-order valence-corrected chi connectivity index (χ2v) is 4.89. The quantitative estimate of drug-likeness (QED) is 0.727. The van der Waals surface area contributed by atoms with Crippen LogP contribution in [-0.4, -0.2) is 42.1 Å². The standard InChI is InChI=1S/C12H21N5/c1-17(2)7-3-6-14-11-8-10(13)15-12(16-11)9-4-5-9/h8-9H,3-7H2,1-2H3,(H3,13,14,15,16). The molecule has 1 aliphatic carbocycles. The van der Waals surface area contributed by atoms with Crippen LogP contribution in [-0.2, 0) is 0 Å². The van der Waals surface area contributed by atoms with Crippen LogP contribution in [0.5, 0.6) is 0 Å². The van der Waals surface area contributed by atoms with Crippen LogP contribution in [0.3, 0.4) is 0 Å². The fraction of sp³-hybridized carbons (Fsp3) is 0.667. The second kappa shape index (κ2) is 5.31. The van der Waals surface area contributed by atoms with Gasteiger partial charge < -0.3 is 16.0 Å². The second-order valence-electron chi connectivity index (χ2n) is 4.89. The summed E-state index contributed by atoms with van der Waals surface area (Å²) < 4.78 is 0. The van der Waals surface area contributed by atoms with Gasteiger partial charge in [0.05, 0.1) is 0 Å². The number of nitrogens with one attached hydrogen (secondary N) is 1. The molecule has 0 unspecified atom stereocenters. The van der Waals surface area contributed by atoms with Crippen molar-refractivity contribution in [3.8, 4) is 0 Å². The van der Waals surface area contributed by atoms with Crippen molar-refractivity contribution in [2.24, 2.45) is 0 Å². The molecule has 0 radical (unpaired) electrons. The summed E-state index contributed by atoms with van der Waals surface area (Å²) in [7, 11) is 4.15. The van der Waals surface area contributed by atoms with E-state index in [1.54, 1.807) is 0 Å². The van der Waals surface area contributed by atoms with E-state index in [4.69, 9.17) is 5.73 Å². The van der Waals surface area contributed by atoms with Crippen LogP contribution in [0.15, 0.2) is 6.07 Å². The van der Waals surface area contributed by atoms with Crippen molar-refractivity contribution in [2.75, 3.05) is 38.2 Å². The minimum atomic E-state index is 0.542. The Labute approximate surface area is 102 Å². The Bertz CT molecular complexity index is 373. The molecule has 17 heavy (non-hydrogen) atoms. The number of anilines is 2. The zero-order valence-corrected chi connectivity index (χ0v) is 10.6. The summed E-state index contributed by atoms with van der Waals surface area (Å²) in [6.07, 6.45) is 3.49. The van der Waals surface area contributed by atoms with Crippen molar-refractivity contribution >= 4 is 11.6 Å². The Morgan fingerprint density at radius 2 is 2.18 bits per heavy atom. The molecule has 0 aromatic carbocycles. The van der Waals surface area contributed by atoms with E-state index in [1.807, 2.05) is 6.07 Å². The Kier molecular flexibility index (Phi) is 3.78. The van der Waals surface area contributed by atoms with E-state index in [0.717, 1.165) is 31.2 Å². The molecule has 5 nitrogen and oxygen atoms in total. The minimum absolute atomic E-state index is 0.542. The molecule has 1 aliphatic rings. The number of aromatic nitrogens is 2. The van der Waals surface area contributed by atoms with Crippen LogP contribution in [0.1, 0.15) is 31.0 Å². The summed E-state index contributed by atoms with van der Waals surface area (Å²) in [6.45, 7) is 1.99.